The summed E-state index contributed by atoms with van der Waals surface area (Å²) in [6, 6.07) is 4.96. The molecule has 0 spiro atoms. The number of methoxy groups -OCH3 is 1. The van der Waals surface area contributed by atoms with Crippen LogP contribution in [-0.4, -0.2) is 52.1 Å². The highest BCUT2D eigenvalue weighted by Crippen LogP contribution is 2.27. The highest BCUT2D eigenvalue weighted by atomic mass is 79.9. The number of nitrogens with zero attached hydrogens (tertiary/aromatic N) is 1. The van der Waals surface area contributed by atoms with E-state index in [2.05, 4.69) is 30.3 Å². The van der Waals surface area contributed by atoms with Crippen LogP contribution in [0.5, 0.6) is 0 Å². The topological polar surface area (TPSA) is 75.7 Å². The molecule has 1 aromatic carbocycles. The number of sulfonamides is 1. The molecule has 2 rings (SSSR count). The third kappa shape index (κ3) is 4.53. The molecule has 0 heterocycles. The van der Waals surface area contributed by atoms with Gasteiger partial charge in [-0.25, -0.2) is 17.9 Å². The molecule has 1 saturated carbocycles. The van der Waals surface area contributed by atoms with Crippen molar-refractivity contribution in [1.82, 2.24) is 9.62 Å². The van der Waals surface area contributed by atoms with Gasteiger partial charge in [-0.2, -0.15) is 0 Å². The first-order chi connectivity index (χ1) is 10.8. The van der Waals surface area contributed by atoms with Gasteiger partial charge in [0, 0.05) is 23.1 Å². The summed E-state index contributed by atoms with van der Waals surface area (Å²) in [7, 11) is -0.421. The molecule has 0 amide bonds. The molecule has 1 aliphatic carbocycles. The van der Waals surface area contributed by atoms with Crippen LogP contribution in [0.25, 0.3) is 0 Å². The van der Waals surface area contributed by atoms with Gasteiger partial charge in [0.1, 0.15) is 0 Å². The molecule has 0 saturated heterocycles. The van der Waals surface area contributed by atoms with E-state index in [1.807, 2.05) is 14.0 Å². The number of benzene rings is 1. The summed E-state index contributed by atoms with van der Waals surface area (Å²) < 4.78 is 32.6. The number of carbonyl (C=O) groups excluding carboxylic acids is 1. The number of carbonyl (C=O) groups is 1. The summed E-state index contributed by atoms with van der Waals surface area (Å²) >= 11 is 3.22. The summed E-state index contributed by atoms with van der Waals surface area (Å²) in [5.41, 5.74) is 0.179. The van der Waals surface area contributed by atoms with Crippen molar-refractivity contribution in [3.63, 3.8) is 0 Å². The molecule has 128 valence electrons. The highest BCUT2D eigenvalue weighted by Gasteiger charge is 2.29. The molecule has 0 aromatic heterocycles. The second-order valence-electron chi connectivity index (χ2n) is 5.73. The molecule has 6 nitrogen and oxygen atoms in total. The molecule has 0 radical (unpaired) electrons. The summed E-state index contributed by atoms with van der Waals surface area (Å²) in [4.78, 5) is 13.9. The first-order valence-corrected chi connectivity index (χ1v) is 9.63. The number of nitrogens with one attached hydrogen (secondary N) is 1. The minimum atomic E-state index is -3.68. The van der Waals surface area contributed by atoms with Crippen LogP contribution in [0, 0.1) is 0 Å². The van der Waals surface area contributed by atoms with E-state index in [1.165, 1.54) is 38.2 Å². The Balaban J connectivity index is 2.11. The predicted octanol–water partition coefficient (Wildman–Crippen LogP) is 2.00. The second kappa shape index (κ2) is 7.29. The van der Waals surface area contributed by atoms with Gasteiger partial charge in [0.05, 0.1) is 17.6 Å². The van der Waals surface area contributed by atoms with E-state index in [4.69, 9.17) is 0 Å². The fourth-order valence-corrected chi connectivity index (χ4v) is 3.79. The number of halogens is 1. The van der Waals surface area contributed by atoms with E-state index >= 15 is 0 Å². The van der Waals surface area contributed by atoms with Gasteiger partial charge in [0.2, 0.25) is 10.0 Å². The summed E-state index contributed by atoms with van der Waals surface area (Å²) in [6.45, 7) is 2.31. The lowest BCUT2D eigenvalue weighted by molar-refractivity contribution is 0.0599. The Morgan fingerprint density at radius 2 is 2.13 bits per heavy atom. The lowest BCUT2D eigenvalue weighted by atomic mass is 10.2. The van der Waals surface area contributed by atoms with Crippen molar-refractivity contribution in [2.75, 3.05) is 20.7 Å². The first kappa shape index (κ1) is 18.4. The monoisotopic (exact) mass is 404 g/mol. The zero-order valence-electron chi connectivity index (χ0n) is 13.4. The number of esters is 1. The molecule has 1 N–H and O–H groups in total. The zero-order chi connectivity index (χ0) is 17.2. The molecule has 8 heteroatoms. The Bertz CT molecular complexity index is 689. The Morgan fingerprint density at radius 1 is 1.48 bits per heavy atom. The van der Waals surface area contributed by atoms with Crippen molar-refractivity contribution in [2.45, 2.75) is 36.7 Å². The smallest absolute Gasteiger partial charge is 0.339 e. The third-order valence-electron chi connectivity index (χ3n) is 4.04. The van der Waals surface area contributed by atoms with Gasteiger partial charge >= 0.3 is 5.97 Å². The van der Waals surface area contributed by atoms with Crippen molar-refractivity contribution in [3.05, 3.63) is 28.2 Å². The molecular formula is C15H21BrN2O4S. The Labute approximate surface area is 145 Å². The van der Waals surface area contributed by atoms with Crippen molar-refractivity contribution in [1.29, 1.82) is 0 Å². The quantitative estimate of drug-likeness (QED) is 0.703. The average molecular weight is 405 g/mol. The molecular weight excluding hydrogens is 384 g/mol. The van der Waals surface area contributed by atoms with Crippen molar-refractivity contribution in [2.24, 2.45) is 0 Å². The Morgan fingerprint density at radius 3 is 2.70 bits per heavy atom. The number of likely N-dealkylation sites (N-methyl/N-ethyl adjacent to an activating group) is 1. The number of rotatable bonds is 7. The van der Waals surface area contributed by atoms with Crippen LogP contribution >= 0.6 is 15.9 Å². The van der Waals surface area contributed by atoms with E-state index < -0.39 is 16.0 Å². The van der Waals surface area contributed by atoms with Gasteiger partial charge in [-0.05, 0) is 60.9 Å². The maximum Gasteiger partial charge on any atom is 0.339 e. The van der Waals surface area contributed by atoms with Gasteiger partial charge < -0.3 is 4.74 Å². The zero-order valence-corrected chi connectivity index (χ0v) is 15.8. The van der Waals surface area contributed by atoms with Crippen LogP contribution in [0.15, 0.2) is 27.6 Å². The normalized spacial score (nSPS) is 16.4. The summed E-state index contributed by atoms with van der Waals surface area (Å²) in [5.74, 6) is -0.587. The molecule has 1 aromatic rings. The lowest BCUT2D eigenvalue weighted by Gasteiger charge is -2.24. The van der Waals surface area contributed by atoms with Gasteiger partial charge in [-0.1, -0.05) is 0 Å². The molecule has 1 unspecified atom stereocenters. The van der Waals surface area contributed by atoms with Crippen LogP contribution in [0.1, 0.15) is 30.1 Å². The molecule has 1 fully saturated rings. The molecule has 1 aliphatic rings. The van der Waals surface area contributed by atoms with Gasteiger partial charge in [-0.15, -0.1) is 0 Å². The number of ether oxygens (including phenoxy) is 1. The third-order valence-corrected chi connectivity index (χ3v) is 6.15. The van der Waals surface area contributed by atoms with Gasteiger partial charge in [-0.3, -0.25) is 4.90 Å². The molecule has 0 aliphatic heterocycles. The largest absolute Gasteiger partial charge is 0.465 e. The molecule has 0 bridgehead atoms. The standard InChI is InChI=1S/C15H21BrN2O4S/c1-10(18(2)11-4-5-11)9-17-23(20,21)12-6-7-14(16)13(8-12)15(19)22-3/h6-8,10-11,17H,4-5,9H2,1-3H3. The van der Waals surface area contributed by atoms with E-state index in [0.717, 1.165) is 0 Å². The minimum Gasteiger partial charge on any atom is -0.465 e. The van der Waals surface area contributed by atoms with E-state index in [0.29, 0.717) is 17.1 Å². The maximum atomic E-state index is 12.4. The Hall–Kier alpha value is -0.960. The second-order valence-corrected chi connectivity index (χ2v) is 8.35. The van der Waals surface area contributed by atoms with Gasteiger partial charge in [0.25, 0.3) is 0 Å². The average Bonchev–Trinajstić information content (AvgIpc) is 3.36. The van der Waals surface area contributed by atoms with Crippen LogP contribution < -0.4 is 4.72 Å². The van der Waals surface area contributed by atoms with Crippen molar-refractivity contribution < 1.29 is 17.9 Å². The van der Waals surface area contributed by atoms with Crippen LogP contribution in [0.3, 0.4) is 0 Å². The van der Waals surface area contributed by atoms with Gasteiger partial charge in [0.15, 0.2) is 0 Å². The Kier molecular flexibility index (Phi) is 5.83. The number of hydrogen-bond acceptors (Lipinski definition) is 5. The van der Waals surface area contributed by atoms with E-state index in [1.54, 1.807) is 0 Å². The van der Waals surface area contributed by atoms with Crippen LogP contribution in [0.2, 0.25) is 0 Å². The van der Waals surface area contributed by atoms with Crippen molar-refractivity contribution in [3.8, 4) is 0 Å². The first-order valence-electron chi connectivity index (χ1n) is 7.35. The molecule has 23 heavy (non-hydrogen) atoms. The van der Waals surface area contributed by atoms with E-state index in [-0.39, 0.29) is 16.5 Å². The van der Waals surface area contributed by atoms with Crippen LogP contribution in [-0.2, 0) is 14.8 Å². The van der Waals surface area contributed by atoms with Crippen LogP contribution in [0.4, 0.5) is 0 Å². The SMILES string of the molecule is COC(=O)c1cc(S(=O)(=O)NCC(C)N(C)C2CC2)ccc1Br. The fourth-order valence-electron chi connectivity index (χ4n) is 2.24. The number of hydrogen-bond donors (Lipinski definition) is 1. The summed E-state index contributed by atoms with van der Waals surface area (Å²) in [6.07, 6.45) is 2.34. The molecule has 1 atom stereocenters. The summed E-state index contributed by atoms with van der Waals surface area (Å²) in [5, 5.41) is 0. The fraction of sp³-hybridized carbons (Fsp3) is 0.533. The maximum absolute atomic E-state index is 12.4. The minimum absolute atomic E-state index is 0.0439. The highest BCUT2D eigenvalue weighted by molar-refractivity contribution is 9.10. The lowest BCUT2D eigenvalue weighted by Crippen LogP contribution is -2.41. The van der Waals surface area contributed by atoms with Crippen molar-refractivity contribution >= 4 is 31.9 Å². The van der Waals surface area contributed by atoms with E-state index in [9.17, 15) is 13.2 Å². The predicted molar refractivity (Wildman–Crippen MR) is 90.9 cm³/mol.